The Balaban J connectivity index is 1.73. The summed E-state index contributed by atoms with van der Waals surface area (Å²) in [4.78, 5) is 0. The lowest BCUT2D eigenvalue weighted by Crippen LogP contribution is -1.98. The minimum absolute atomic E-state index is 0.122. The van der Waals surface area contributed by atoms with Gasteiger partial charge in [-0.15, -0.1) is 0 Å². The first-order valence-electron chi connectivity index (χ1n) is 12.3. The van der Waals surface area contributed by atoms with Crippen molar-refractivity contribution in [1.29, 1.82) is 0 Å². The van der Waals surface area contributed by atoms with E-state index in [0.717, 1.165) is 18.4 Å². The standard InChI is InChI=1S/C31H32O5/c1-2-3-4-7-20-8-5-9-21(18-20)13-16-25-23(15-12-22-14-17-26(32)28(34)19-22)24-10-6-11-27(33)29(24)31(36)30(25)35/h5-6,8-12,14-15,17-19,32-36H,2-4,7,13,16H2,1H3. The van der Waals surface area contributed by atoms with E-state index in [1.165, 1.54) is 36.6 Å². The molecule has 0 aliphatic carbocycles. The molecule has 0 amide bonds. The van der Waals surface area contributed by atoms with E-state index in [9.17, 15) is 25.5 Å². The summed E-state index contributed by atoms with van der Waals surface area (Å²) in [5.74, 6) is -1.15. The van der Waals surface area contributed by atoms with Crippen LogP contribution in [0.2, 0.25) is 0 Å². The van der Waals surface area contributed by atoms with Gasteiger partial charge in [-0.3, -0.25) is 0 Å². The van der Waals surface area contributed by atoms with Crippen LogP contribution in [0.5, 0.6) is 28.7 Å². The number of hydrogen-bond acceptors (Lipinski definition) is 5. The molecule has 0 unspecified atom stereocenters. The zero-order valence-corrected chi connectivity index (χ0v) is 20.4. The van der Waals surface area contributed by atoms with E-state index in [0.29, 0.717) is 34.9 Å². The van der Waals surface area contributed by atoms with Crippen LogP contribution in [-0.4, -0.2) is 25.5 Å². The van der Waals surface area contributed by atoms with Crippen molar-refractivity contribution in [2.24, 2.45) is 0 Å². The Labute approximate surface area is 211 Å². The van der Waals surface area contributed by atoms with Crippen molar-refractivity contribution in [3.05, 3.63) is 88.5 Å². The highest BCUT2D eigenvalue weighted by Crippen LogP contribution is 2.45. The molecule has 4 aromatic carbocycles. The lowest BCUT2D eigenvalue weighted by Gasteiger charge is -2.16. The van der Waals surface area contributed by atoms with Gasteiger partial charge in [-0.25, -0.2) is 0 Å². The van der Waals surface area contributed by atoms with Gasteiger partial charge in [0.25, 0.3) is 0 Å². The molecular weight excluding hydrogens is 452 g/mol. The lowest BCUT2D eigenvalue weighted by molar-refractivity contribution is 0.401. The number of unbranched alkanes of at least 4 members (excludes halogenated alkanes) is 2. The summed E-state index contributed by atoms with van der Waals surface area (Å²) in [6.07, 6.45) is 9.27. The van der Waals surface area contributed by atoms with E-state index in [-0.39, 0.29) is 34.1 Å². The molecule has 4 rings (SSSR count). The molecule has 0 aliphatic heterocycles. The normalized spacial score (nSPS) is 11.5. The van der Waals surface area contributed by atoms with E-state index in [1.54, 1.807) is 30.4 Å². The van der Waals surface area contributed by atoms with Crippen molar-refractivity contribution >= 4 is 22.9 Å². The van der Waals surface area contributed by atoms with E-state index < -0.39 is 0 Å². The second-order valence-electron chi connectivity index (χ2n) is 9.15. The Kier molecular flexibility index (Phi) is 7.69. The molecule has 0 aromatic heterocycles. The van der Waals surface area contributed by atoms with Crippen LogP contribution in [0.1, 0.15) is 54.0 Å². The molecule has 0 atom stereocenters. The molecule has 5 heteroatoms. The first-order chi connectivity index (χ1) is 17.4. The molecule has 186 valence electrons. The summed E-state index contributed by atoms with van der Waals surface area (Å²) >= 11 is 0. The number of phenols is 5. The highest BCUT2D eigenvalue weighted by molar-refractivity contribution is 6.03. The van der Waals surface area contributed by atoms with Crippen LogP contribution in [-0.2, 0) is 19.3 Å². The molecule has 0 spiro atoms. The van der Waals surface area contributed by atoms with Crippen molar-refractivity contribution < 1.29 is 25.5 Å². The van der Waals surface area contributed by atoms with Gasteiger partial charge in [0, 0.05) is 5.56 Å². The van der Waals surface area contributed by atoms with Crippen LogP contribution in [0.3, 0.4) is 0 Å². The zero-order chi connectivity index (χ0) is 25.7. The van der Waals surface area contributed by atoms with E-state index >= 15 is 0 Å². The quantitative estimate of drug-likeness (QED) is 0.0995. The fraction of sp³-hybridized carbons (Fsp3) is 0.226. The molecule has 0 saturated carbocycles. The Bertz CT molecular complexity index is 1400. The van der Waals surface area contributed by atoms with E-state index in [4.69, 9.17) is 0 Å². The Morgan fingerprint density at radius 2 is 1.39 bits per heavy atom. The number of fused-ring (bicyclic) bond motifs is 1. The SMILES string of the molecule is CCCCCc1cccc(CCc2c(O)c(O)c3c(O)cccc3c2C=Cc2ccc(O)c(O)c2)c1. The molecule has 0 radical (unpaired) electrons. The monoisotopic (exact) mass is 484 g/mol. The predicted octanol–water partition coefficient (Wildman–Crippen LogP) is 7.06. The highest BCUT2D eigenvalue weighted by Gasteiger charge is 2.19. The first-order valence-corrected chi connectivity index (χ1v) is 12.3. The zero-order valence-electron chi connectivity index (χ0n) is 20.4. The number of aryl methyl sites for hydroxylation is 2. The maximum Gasteiger partial charge on any atom is 0.169 e. The number of hydrogen-bond donors (Lipinski definition) is 5. The van der Waals surface area contributed by atoms with Crippen LogP contribution in [0, 0.1) is 0 Å². The second-order valence-corrected chi connectivity index (χ2v) is 9.15. The van der Waals surface area contributed by atoms with Crippen molar-refractivity contribution in [3.63, 3.8) is 0 Å². The van der Waals surface area contributed by atoms with Crippen molar-refractivity contribution in [1.82, 2.24) is 0 Å². The molecule has 36 heavy (non-hydrogen) atoms. The maximum absolute atomic E-state index is 11.0. The van der Waals surface area contributed by atoms with Gasteiger partial charge in [-0.05, 0) is 71.5 Å². The maximum atomic E-state index is 11.0. The molecule has 0 saturated heterocycles. The third-order valence-corrected chi connectivity index (χ3v) is 6.57. The summed E-state index contributed by atoms with van der Waals surface area (Å²) in [5, 5.41) is 52.4. The van der Waals surface area contributed by atoms with Crippen LogP contribution in [0.4, 0.5) is 0 Å². The molecule has 0 heterocycles. The minimum Gasteiger partial charge on any atom is -0.507 e. The number of rotatable bonds is 9. The van der Waals surface area contributed by atoms with Crippen molar-refractivity contribution in [2.45, 2.75) is 45.4 Å². The smallest absolute Gasteiger partial charge is 0.169 e. The summed E-state index contributed by atoms with van der Waals surface area (Å²) in [5.41, 5.74) is 4.34. The van der Waals surface area contributed by atoms with Crippen LogP contribution in [0.15, 0.2) is 60.7 Å². The van der Waals surface area contributed by atoms with Crippen molar-refractivity contribution in [2.75, 3.05) is 0 Å². The lowest BCUT2D eigenvalue weighted by atomic mass is 9.91. The third kappa shape index (κ3) is 5.41. The van der Waals surface area contributed by atoms with Crippen molar-refractivity contribution in [3.8, 4) is 28.7 Å². The Morgan fingerprint density at radius 1 is 0.639 bits per heavy atom. The van der Waals surface area contributed by atoms with E-state index in [1.807, 2.05) is 0 Å². The van der Waals surface area contributed by atoms with Gasteiger partial charge in [0.15, 0.2) is 23.0 Å². The van der Waals surface area contributed by atoms with Gasteiger partial charge >= 0.3 is 0 Å². The number of aromatic hydroxyl groups is 5. The Morgan fingerprint density at radius 3 is 2.14 bits per heavy atom. The van der Waals surface area contributed by atoms with Crippen LogP contribution < -0.4 is 0 Å². The first kappa shape index (κ1) is 25.0. The average Bonchev–Trinajstić information content (AvgIpc) is 2.87. The molecule has 5 nitrogen and oxygen atoms in total. The summed E-state index contributed by atoms with van der Waals surface area (Å²) < 4.78 is 0. The topological polar surface area (TPSA) is 101 Å². The molecular formula is C31H32O5. The van der Waals surface area contributed by atoms with Crippen LogP contribution in [0.25, 0.3) is 22.9 Å². The average molecular weight is 485 g/mol. The van der Waals surface area contributed by atoms with E-state index in [2.05, 4.69) is 31.2 Å². The fourth-order valence-corrected chi connectivity index (χ4v) is 4.62. The fourth-order valence-electron chi connectivity index (χ4n) is 4.62. The Hall–Kier alpha value is -4.12. The van der Waals surface area contributed by atoms with Gasteiger partial charge < -0.3 is 25.5 Å². The molecule has 5 N–H and O–H groups in total. The summed E-state index contributed by atoms with van der Waals surface area (Å²) in [7, 11) is 0. The molecule has 0 bridgehead atoms. The second kappa shape index (κ2) is 11.1. The highest BCUT2D eigenvalue weighted by atomic mass is 16.3. The van der Waals surface area contributed by atoms with Gasteiger partial charge in [0.2, 0.25) is 0 Å². The molecule has 0 aliphatic rings. The summed E-state index contributed by atoms with van der Waals surface area (Å²) in [6.45, 7) is 2.19. The minimum atomic E-state index is -0.342. The third-order valence-electron chi connectivity index (χ3n) is 6.57. The molecule has 0 fully saturated rings. The number of benzene rings is 4. The van der Waals surface area contributed by atoms with Gasteiger partial charge in [-0.1, -0.05) is 74.4 Å². The number of phenolic OH excluding ortho intramolecular Hbond substituents is 5. The van der Waals surface area contributed by atoms with Gasteiger partial charge in [-0.2, -0.15) is 0 Å². The summed E-state index contributed by atoms with van der Waals surface area (Å²) in [6, 6.07) is 17.9. The van der Waals surface area contributed by atoms with Gasteiger partial charge in [0.1, 0.15) is 5.75 Å². The van der Waals surface area contributed by atoms with Gasteiger partial charge in [0.05, 0.1) is 5.39 Å². The van der Waals surface area contributed by atoms with Crippen LogP contribution >= 0.6 is 0 Å². The molecule has 4 aromatic rings. The largest absolute Gasteiger partial charge is 0.507 e. The predicted molar refractivity (Wildman–Crippen MR) is 145 cm³/mol.